The van der Waals surface area contributed by atoms with E-state index in [9.17, 15) is 13.2 Å². The number of hydrogen-bond donors (Lipinski definition) is 2. The van der Waals surface area contributed by atoms with Gasteiger partial charge in [0, 0.05) is 23.6 Å². The maximum atomic E-state index is 12.5. The number of benzene rings is 2. The van der Waals surface area contributed by atoms with Crippen molar-refractivity contribution in [1.29, 1.82) is 0 Å². The summed E-state index contributed by atoms with van der Waals surface area (Å²) in [6.45, 7) is -0.0142. The minimum Gasteiger partial charge on any atom is -0.496 e. The highest BCUT2D eigenvalue weighted by Crippen LogP contribution is 2.24. The van der Waals surface area contributed by atoms with E-state index in [2.05, 4.69) is 10.0 Å². The summed E-state index contributed by atoms with van der Waals surface area (Å²) < 4.78 is 32.5. The van der Waals surface area contributed by atoms with Gasteiger partial charge in [-0.3, -0.25) is 4.79 Å². The van der Waals surface area contributed by atoms with Crippen LogP contribution in [-0.2, 0) is 16.6 Å². The van der Waals surface area contributed by atoms with Crippen LogP contribution in [0, 0.1) is 0 Å². The lowest BCUT2D eigenvalue weighted by atomic mass is 10.2. The van der Waals surface area contributed by atoms with Gasteiger partial charge in [-0.15, -0.1) is 0 Å². The van der Waals surface area contributed by atoms with E-state index < -0.39 is 15.9 Å². The van der Waals surface area contributed by atoms with Gasteiger partial charge in [0.2, 0.25) is 10.0 Å². The van der Waals surface area contributed by atoms with Crippen molar-refractivity contribution in [3.05, 3.63) is 57.6 Å². The summed E-state index contributed by atoms with van der Waals surface area (Å²) in [5, 5.41) is 3.26. The highest BCUT2D eigenvalue weighted by atomic mass is 35.5. The number of rotatable bonds is 6. The predicted molar refractivity (Wildman–Crippen MR) is 96.9 cm³/mol. The first-order chi connectivity index (χ1) is 11.8. The SMILES string of the molecule is CNC(=O)c1cc(S(=O)(=O)NCc2ccc(Cl)cc2Cl)ccc1OC. The molecule has 0 unspecified atom stereocenters. The fourth-order valence-corrected chi connectivity index (χ4v) is 3.60. The van der Waals surface area contributed by atoms with E-state index in [1.54, 1.807) is 12.1 Å². The minimum atomic E-state index is -3.85. The maximum absolute atomic E-state index is 12.5. The van der Waals surface area contributed by atoms with Crippen molar-refractivity contribution in [2.24, 2.45) is 0 Å². The molecular weight excluding hydrogens is 387 g/mol. The maximum Gasteiger partial charge on any atom is 0.254 e. The van der Waals surface area contributed by atoms with Gasteiger partial charge in [0.15, 0.2) is 0 Å². The first-order valence-electron chi connectivity index (χ1n) is 7.12. The molecule has 0 spiro atoms. The number of carbonyl (C=O) groups excluding carboxylic acids is 1. The molecular formula is C16H16Cl2N2O4S. The third-order valence-corrected chi connectivity index (χ3v) is 5.41. The Hall–Kier alpha value is -1.80. The summed E-state index contributed by atoms with van der Waals surface area (Å²) in [6, 6.07) is 8.82. The van der Waals surface area contributed by atoms with Crippen LogP contribution < -0.4 is 14.8 Å². The summed E-state index contributed by atoms with van der Waals surface area (Å²) in [7, 11) is -1.00. The van der Waals surface area contributed by atoms with Crippen LogP contribution in [0.1, 0.15) is 15.9 Å². The van der Waals surface area contributed by atoms with Gasteiger partial charge in [-0.2, -0.15) is 0 Å². The molecule has 2 aromatic carbocycles. The number of sulfonamides is 1. The lowest BCUT2D eigenvalue weighted by Crippen LogP contribution is -2.24. The molecule has 0 bridgehead atoms. The normalized spacial score (nSPS) is 11.2. The van der Waals surface area contributed by atoms with Crippen molar-refractivity contribution in [3.63, 3.8) is 0 Å². The third kappa shape index (κ3) is 4.64. The van der Waals surface area contributed by atoms with Crippen LogP contribution in [0.2, 0.25) is 10.0 Å². The summed E-state index contributed by atoms with van der Waals surface area (Å²) in [5.74, 6) is -0.173. The molecule has 2 N–H and O–H groups in total. The Kier molecular flexibility index (Phi) is 6.29. The molecule has 134 valence electrons. The van der Waals surface area contributed by atoms with E-state index >= 15 is 0 Å². The van der Waals surface area contributed by atoms with Gasteiger partial charge in [0.1, 0.15) is 5.75 Å². The highest BCUT2D eigenvalue weighted by Gasteiger charge is 2.19. The number of halogens is 2. The Morgan fingerprint density at radius 2 is 1.88 bits per heavy atom. The van der Waals surface area contributed by atoms with Gasteiger partial charge in [0.25, 0.3) is 5.91 Å². The molecule has 0 aromatic heterocycles. The standard InChI is InChI=1S/C16H16Cl2N2O4S/c1-19-16(21)13-8-12(5-6-15(13)24-2)25(22,23)20-9-10-3-4-11(17)7-14(10)18/h3-8,20H,9H2,1-2H3,(H,19,21). The summed E-state index contributed by atoms with van der Waals surface area (Å²) in [6.07, 6.45) is 0. The van der Waals surface area contributed by atoms with Gasteiger partial charge in [-0.25, -0.2) is 13.1 Å². The average molecular weight is 403 g/mol. The summed E-state index contributed by atoms with van der Waals surface area (Å²) >= 11 is 11.9. The lowest BCUT2D eigenvalue weighted by Gasteiger charge is -2.12. The van der Waals surface area contributed by atoms with Crippen LogP contribution >= 0.6 is 23.2 Å². The fourth-order valence-electron chi connectivity index (χ4n) is 2.09. The number of hydrogen-bond acceptors (Lipinski definition) is 4. The van der Waals surface area contributed by atoms with Gasteiger partial charge >= 0.3 is 0 Å². The third-order valence-electron chi connectivity index (χ3n) is 3.42. The molecule has 0 aliphatic carbocycles. The molecule has 0 aliphatic heterocycles. The Morgan fingerprint density at radius 1 is 1.16 bits per heavy atom. The molecule has 2 aromatic rings. The highest BCUT2D eigenvalue weighted by molar-refractivity contribution is 7.89. The molecule has 25 heavy (non-hydrogen) atoms. The number of methoxy groups -OCH3 is 1. The quantitative estimate of drug-likeness (QED) is 0.777. The van der Waals surface area contributed by atoms with E-state index in [1.165, 1.54) is 38.4 Å². The van der Waals surface area contributed by atoms with E-state index in [4.69, 9.17) is 27.9 Å². The van der Waals surface area contributed by atoms with Crippen LogP contribution in [-0.4, -0.2) is 28.5 Å². The lowest BCUT2D eigenvalue weighted by molar-refractivity contribution is 0.0960. The van der Waals surface area contributed by atoms with Crippen LogP contribution in [0.25, 0.3) is 0 Å². The van der Waals surface area contributed by atoms with Crippen molar-refractivity contribution in [2.75, 3.05) is 14.2 Å². The number of carbonyl (C=O) groups is 1. The molecule has 0 heterocycles. The van der Waals surface area contributed by atoms with Crippen molar-refractivity contribution < 1.29 is 17.9 Å². The number of ether oxygens (including phenoxy) is 1. The van der Waals surface area contributed by atoms with E-state index in [-0.39, 0.29) is 22.8 Å². The van der Waals surface area contributed by atoms with E-state index in [0.717, 1.165) is 0 Å². The molecule has 2 rings (SSSR count). The van der Waals surface area contributed by atoms with Crippen LogP contribution in [0.5, 0.6) is 5.75 Å². The minimum absolute atomic E-state index is 0.0142. The summed E-state index contributed by atoms with van der Waals surface area (Å²) in [4.78, 5) is 11.8. The Bertz CT molecular complexity index is 901. The van der Waals surface area contributed by atoms with Crippen molar-refractivity contribution in [3.8, 4) is 5.75 Å². The van der Waals surface area contributed by atoms with Crippen LogP contribution in [0.3, 0.4) is 0 Å². The zero-order valence-corrected chi connectivity index (χ0v) is 15.8. The molecule has 0 aliphatic rings. The number of amides is 1. The summed E-state index contributed by atoms with van der Waals surface area (Å²) in [5.41, 5.74) is 0.701. The smallest absolute Gasteiger partial charge is 0.254 e. The van der Waals surface area contributed by atoms with Crippen molar-refractivity contribution in [1.82, 2.24) is 10.0 Å². The van der Waals surface area contributed by atoms with Crippen molar-refractivity contribution >= 4 is 39.1 Å². The van der Waals surface area contributed by atoms with Gasteiger partial charge in [-0.1, -0.05) is 29.3 Å². The molecule has 6 nitrogen and oxygen atoms in total. The Labute approximate surface area is 156 Å². The molecule has 1 amide bonds. The largest absolute Gasteiger partial charge is 0.496 e. The first kappa shape index (κ1) is 19.5. The molecule has 0 radical (unpaired) electrons. The zero-order valence-electron chi connectivity index (χ0n) is 13.5. The fraction of sp³-hybridized carbons (Fsp3) is 0.188. The predicted octanol–water partition coefficient (Wildman–Crippen LogP) is 2.84. The van der Waals surface area contributed by atoms with Gasteiger partial charge in [-0.05, 0) is 35.9 Å². The van der Waals surface area contributed by atoms with E-state index in [1.807, 2.05) is 0 Å². The molecule has 0 fully saturated rings. The Balaban J connectivity index is 2.28. The zero-order chi connectivity index (χ0) is 18.6. The second-order valence-electron chi connectivity index (χ2n) is 5.00. The molecule has 0 atom stereocenters. The molecule has 0 saturated carbocycles. The second kappa shape index (κ2) is 8.05. The van der Waals surface area contributed by atoms with Crippen LogP contribution in [0.15, 0.2) is 41.3 Å². The van der Waals surface area contributed by atoms with Gasteiger partial charge in [0.05, 0.1) is 17.6 Å². The second-order valence-corrected chi connectivity index (χ2v) is 7.61. The average Bonchev–Trinajstić information content (AvgIpc) is 2.59. The molecule has 9 heteroatoms. The van der Waals surface area contributed by atoms with Crippen molar-refractivity contribution in [2.45, 2.75) is 11.4 Å². The monoisotopic (exact) mass is 402 g/mol. The van der Waals surface area contributed by atoms with Gasteiger partial charge < -0.3 is 10.1 Å². The topological polar surface area (TPSA) is 84.5 Å². The molecule has 0 saturated heterocycles. The number of nitrogens with one attached hydrogen (secondary N) is 2. The first-order valence-corrected chi connectivity index (χ1v) is 9.36. The van der Waals surface area contributed by atoms with Crippen LogP contribution in [0.4, 0.5) is 0 Å². The van der Waals surface area contributed by atoms with E-state index in [0.29, 0.717) is 15.6 Å². The Morgan fingerprint density at radius 3 is 2.48 bits per heavy atom.